The van der Waals surface area contributed by atoms with Gasteiger partial charge in [0.15, 0.2) is 11.2 Å². The molecule has 0 fully saturated rings. The lowest BCUT2D eigenvalue weighted by atomic mass is 10.1. The van der Waals surface area contributed by atoms with Crippen molar-refractivity contribution in [2.24, 2.45) is 0 Å². The number of hydrogen-bond donors (Lipinski definition) is 3. The highest BCUT2D eigenvalue weighted by Gasteiger charge is 2.07. The fourth-order valence-corrected chi connectivity index (χ4v) is 1.61. The Kier molecular flexibility index (Phi) is 3.54. The Morgan fingerprint density at radius 2 is 2.39 bits per heavy atom. The molecular weight excluding hydrogens is 236 g/mol. The smallest absolute Gasteiger partial charge is 0.278 e. The van der Waals surface area contributed by atoms with Crippen molar-refractivity contribution in [2.45, 2.75) is 19.6 Å². The van der Waals surface area contributed by atoms with Crippen LogP contribution in [-0.2, 0) is 6.54 Å². The molecule has 0 saturated carbocycles. The average molecular weight is 250 g/mol. The number of aliphatic hydroxyl groups excluding tert-OH is 2. The number of aromatic amines is 1. The lowest BCUT2D eigenvalue weighted by Crippen LogP contribution is -2.10. The minimum Gasteiger partial charge on any atom is -0.392 e. The van der Waals surface area contributed by atoms with Gasteiger partial charge in [0.1, 0.15) is 0 Å². The van der Waals surface area contributed by atoms with Gasteiger partial charge in [0.05, 0.1) is 25.4 Å². The molecule has 0 bridgehead atoms. The second-order valence-electron chi connectivity index (χ2n) is 3.91. The molecule has 0 spiro atoms. The Hall–Kier alpha value is -1.99. The van der Waals surface area contributed by atoms with E-state index in [-0.39, 0.29) is 17.7 Å². The summed E-state index contributed by atoms with van der Waals surface area (Å²) >= 11 is 0. The maximum atomic E-state index is 11.4. The van der Waals surface area contributed by atoms with Crippen LogP contribution in [0.15, 0.2) is 29.1 Å². The summed E-state index contributed by atoms with van der Waals surface area (Å²) in [6.07, 6.45) is 3.80. The van der Waals surface area contributed by atoms with Gasteiger partial charge in [0.2, 0.25) is 0 Å². The highest BCUT2D eigenvalue weighted by atomic mass is 16.3. The molecule has 2 aromatic heterocycles. The van der Waals surface area contributed by atoms with Gasteiger partial charge < -0.3 is 19.8 Å². The molecule has 7 nitrogen and oxygen atoms in total. The van der Waals surface area contributed by atoms with E-state index in [0.29, 0.717) is 17.8 Å². The Morgan fingerprint density at radius 3 is 3.06 bits per heavy atom. The number of hydrogen-bond acceptors (Lipinski definition) is 5. The van der Waals surface area contributed by atoms with Crippen molar-refractivity contribution in [3.63, 3.8) is 0 Å². The molecule has 2 aromatic rings. The Morgan fingerprint density at radius 1 is 1.61 bits per heavy atom. The first kappa shape index (κ1) is 12.5. The molecule has 0 radical (unpaired) electrons. The molecule has 2 heterocycles. The maximum absolute atomic E-state index is 11.4. The van der Waals surface area contributed by atoms with Crippen molar-refractivity contribution in [3.8, 4) is 0 Å². The van der Waals surface area contributed by atoms with Gasteiger partial charge >= 0.3 is 0 Å². The van der Waals surface area contributed by atoms with Crippen LogP contribution in [0.4, 0.5) is 0 Å². The predicted octanol–water partition coefficient (Wildman–Crippen LogP) is -0.581. The standard InChI is InChI=1S/C11H14N4O3/c1-7(17)8(4-16)2-3-15-6-14-9-10(15)12-5-13-11(9)18/h2,5-7,16-17H,3-4H2,1H3,(H,12,13,18)/b8-2-. The summed E-state index contributed by atoms with van der Waals surface area (Å²) in [5.41, 5.74) is 0.966. The van der Waals surface area contributed by atoms with E-state index in [9.17, 15) is 9.90 Å². The van der Waals surface area contributed by atoms with Crippen LogP contribution < -0.4 is 5.56 Å². The molecule has 0 aliphatic heterocycles. The van der Waals surface area contributed by atoms with E-state index in [1.54, 1.807) is 17.6 Å². The van der Waals surface area contributed by atoms with Gasteiger partial charge in [0, 0.05) is 6.54 Å². The summed E-state index contributed by atoms with van der Waals surface area (Å²) in [6, 6.07) is 0. The molecular formula is C11H14N4O3. The summed E-state index contributed by atoms with van der Waals surface area (Å²) in [5, 5.41) is 18.4. The number of fused-ring (bicyclic) bond motifs is 1. The first-order valence-corrected chi connectivity index (χ1v) is 5.50. The van der Waals surface area contributed by atoms with Crippen LogP contribution in [0.5, 0.6) is 0 Å². The summed E-state index contributed by atoms with van der Waals surface area (Å²) in [4.78, 5) is 21.9. The van der Waals surface area contributed by atoms with Gasteiger partial charge in [-0.25, -0.2) is 9.97 Å². The predicted molar refractivity (Wildman–Crippen MR) is 65.0 cm³/mol. The van der Waals surface area contributed by atoms with Crippen LogP contribution in [0, 0.1) is 0 Å². The fourth-order valence-electron chi connectivity index (χ4n) is 1.61. The van der Waals surface area contributed by atoms with E-state index in [1.165, 1.54) is 12.7 Å². The molecule has 3 N–H and O–H groups in total. The van der Waals surface area contributed by atoms with Gasteiger partial charge in [-0.1, -0.05) is 6.08 Å². The molecule has 0 aliphatic carbocycles. The zero-order valence-corrected chi connectivity index (χ0v) is 9.87. The van der Waals surface area contributed by atoms with Gasteiger partial charge in [-0.05, 0) is 12.5 Å². The Balaban J connectivity index is 2.33. The molecule has 0 aromatic carbocycles. The van der Waals surface area contributed by atoms with Crippen molar-refractivity contribution in [1.29, 1.82) is 0 Å². The number of H-pyrrole nitrogens is 1. The fraction of sp³-hybridized carbons (Fsp3) is 0.364. The Bertz CT molecular complexity index is 626. The molecule has 0 saturated heterocycles. The van der Waals surface area contributed by atoms with Crippen LogP contribution >= 0.6 is 0 Å². The summed E-state index contributed by atoms with van der Waals surface area (Å²) in [6.45, 7) is 1.75. The zero-order chi connectivity index (χ0) is 13.1. The number of nitrogens with one attached hydrogen (secondary N) is 1. The van der Waals surface area contributed by atoms with Gasteiger partial charge in [-0.15, -0.1) is 0 Å². The van der Waals surface area contributed by atoms with Crippen molar-refractivity contribution in [3.05, 3.63) is 34.7 Å². The number of aliphatic hydroxyl groups is 2. The molecule has 0 aliphatic rings. The monoisotopic (exact) mass is 250 g/mol. The number of nitrogens with zero attached hydrogens (tertiary/aromatic N) is 3. The normalized spacial score (nSPS) is 14.1. The largest absolute Gasteiger partial charge is 0.392 e. The molecule has 18 heavy (non-hydrogen) atoms. The minimum absolute atomic E-state index is 0.210. The van der Waals surface area contributed by atoms with Crippen molar-refractivity contribution >= 4 is 11.2 Å². The number of allylic oxidation sites excluding steroid dienone is 1. The van der Waals surface area contributed by atoms with Crippen LogP contribution in [0.25, 0.3) is 11.2 Å². The van der Waals surface area contributed by atoms with Gasteiger partial charge in [-0.3, -0.25) is 4.79 Å². The first-order chi connectivity index (χ1) is 8.63. The van der Waals surface area contributed by atoms with E-state index < -0.39 is 6.10 Å². The summed E-state index contributed by atoms with van der Waals surface area (Å²) < 4.78 is 1.67. The maximum Gasteiger partial charge on any atom is 0.278 e. The van der Waals surface area contributed by atoms with E-state index in [2.05, 4.69) is 15.0 Å². The number of aromatic nitrogens is 4. The molecule has 7 heteroatoms. The lowest BCUT2D eigenvalue weighted by Gasteiger charge is -2.07. The lowest BCUT2D eigenvalue weighted by molar-refractivity contribution is 0.203. The number of rotatable bonds is 4. The van der Waals surface area contributed by atoms with Crippen molar-refractivity contribution < 1.29 is 10.2 Å². The topological polar surface area (TPSA) is 104 Å². The van der Waals surface area contributed by atoms with E-state index in [0.717, 1.165) is 0 Å². The van der Waals surface area contributed by atoms with Crippen molar-refractivity contribution in [2.75, 3.05) is 6.61 Å². The minimum atomic E-state index is -0.707. The second-order valence-corrected chi connectivity index (χ2v) is 3.91. The van der Waals surface area contributed by atoms with Crippen LogP contribution in [0.2, 0.25) is 0 Å². The van der Waals surface area contributed by atoms with E-state index in [4.69, 9.17) is 5.11 Å². The average Bonchev–Trinajstić information content (AvgIpc) is 2.74. The highest BCUT2D eigenvalue weighted by molar-refractivity contribution is 5.68. The SMILES string of the molecule is CC(O)/C(=C\Cn1cnc2c(=O)[nH]cnc21)CO. The Labute approximate surface area is 102 Å². The van der Waals surface area contributed by atoms with Gasteiger partial charge in [-0.2, -0.15) is 0 Å². The zero-order valence-electron chi connectivity index (χ0n) is 9.87. The third-order valence-corrected chi connectivity index (χ3v) is 2.68. The van der Waals surface area contributed by atoms with Crippen LogP contribution in [0.1, 0.15) is 6.92 Å². The molecule has 2 rings (SSSR count). The number of imidazole rings is 1. The van der Waals surface area contributed by atoms with Crippen LogP contribution in [-0.4, -0.2) is 42.4 Å². The second kappa shape index (κ2) is 5.11. The quantitative estimate of drug-likeness (QED) is 0.630. The van der Waals surface area contributed by atoms with Gasteiger partial charge in [0.25, 0.3) is 5.56 Å². The molecule has 96 valence electrons. The highest BCUT2D eigenvalue weighted by Crippen LogP contribution is 2.06. The summed E-state index contributed by atoms with van der Waals surface area (Å²) in [7, 11) is 0. The van der Waals surface area contributed by atoms with E-state index >= 15 is 0 Å². The van der Waals surface area contributed by atoms with E-state index in [1.807, 2.05) is 0 Å². The molecule has 1 atom stereocenters. The summed E-state index contributed by atoms with van der Waals surface area (Å²) in [5.74, 6) is 0. The molecule has 1 unspecified atom stereocenters. The third kappa shape index (κ3) is 2.31. The first-order valence-electron chi connectivity index (χ1n) is 5.50. The third-order valence-electron chi connectivity index (χ3n) is 2.68. The van der Waals surface area contributed by atoms with Crippen molar-refractivity contribution in [1.82, 2.24) is 19.5 Å². The van der Waals surface area contributed by atoms with Crippen LogP contribution in [0.3, 0.4) is 0 Å². The molecule has 0 amide bonds.